The van der Waals surface area contributed by atoms with Crippen LogP contribution in [0.3, 0.4) is 0 Å². The van der Waals surface area contributed by atoms with Gasteiger partial charge in [-0.15, -0.1) is 11.3 Å². The van der Waals surface area contributed by atoms with Crippen LogP contribution in [0.15, 0.2) is 26.6 Å². The van der Waals surface area contributed by atoms with E-state index in [1.54, 1.807) is 17.5 Å². The molecule has 2 aromatic heterocycles. The summed E-state index contributed by atoms with van der Waals surface area (Å²) in [4.78, 5) is 9.05. The first kappa shape index (κ1) is 13.2. The van der Waals surface area contributed by atoms with Crippen LogP contribution >= 0.6 is 43.2 Å². The van der Waals surface area contributed by atoms with Crippen molar-refractivity contribution in [3.05, 3.63) is 32.3 Å². The number of halogens is 2. The number of hydrogen-bond donors (Lipinski definition) is 0. The summed E-state index contributed by atoms with van der Waals surface area (Å²) in [5, 5.41) is 3.10. The largest absolute Gasteiger partial charge is 0.251 e. The van der Waals surface area contributed by atoms with Gasteiger partial charge in [0.05, 0.1) is 5.69 Å². The maximum atomic E-state index is 4.65. The van der Waals surface area contributed by atoms with E-state index in [9.17, 15) is 0 Å². The molecule has 90 valence electrons. The molecule has 0 saturated heterocycles. The minimum Gasteiger partial charge on any atom is -0.251 e. The fourth-order valence-corrected chi connectivity index (χ4v) is 3.66. The van der Waals surface area contributed by atoms with Crippen LogP contribution in [0, 0.1) is 0 Å². The van der Waals surface area contributed by atoms with E-state index in [0.717, 1.165) is 31.8 Å². The molecular formula is C12H12Br2N2S. The van der Waals surface area contributed by atoms with Crippen LogP contribution in [0.4, 0.5) is 0 Å². The van der Waals surface area contributed by atoms with E-state index >= 15 is 0 Å². The Morgan fingerprint density at radius 3 is 2.82 bits per heavy atom. The lowest BCUT2D eigenvalue weighted by Gasteiger charge is -2.03. The lowest BCUT2D eigenvalue weighted by Crippen LogP contribution is -1.92. The van der Waals surface area contributed by atoms with Gasteiger partial charge in [0, 0.05) is 20.5 Å². The van der Waals surface area contributed by atoms with E-state index in [1.807, 2.05) is 6.07 Å². The average molecular weight is 376 g/mol. The van der Waals surface area contributed by atoms with Crippen molar-refractivity contribution >= 4 is 43.2 Å². The summed E-state index contributed by atoms with van der Waals surface area (Å²) in [5.74, 6) is 0.509. The molecular weight excluding hydrogens is 364 g/mol. The van der Waals surface area contributed by atoms with E-state index in [2.05, 4.69) is 61.1 Å². The van der Waals surface area contributed by atoms with Crippen molar-refractivity contribution in [1.82, 2.24) is 9.97 Å². The zero-order chi connectivity index (χ0) is 12.4. The molecule has 0 aromatic carbocycles. The van der Waals surface area contributed by atoms with E-state index in [1.165, 1.54) is 0 Å². The first-order chi connectivity index (χ1) is 8.11. The lowest BCUT2D eigenvalue weighted by atomic mass is 10.1. The second kappa shape index (κ2) is 5.59. The van der Waals surface area contributed by atoms with Crippen LogP contribution < -0.4 is 0 Å². The van der Waals surface area contributed by atoms with Crippen LogP contribution in [-0.4, -0.2) is 9.97 Å². The summed E-state index contributed by atoms with van der Waals surface area (Å²) < 4.78 is 1.93. The van der Waals surface area contributed by atoms with E-state index < -0.39 is 0 Å². The zero-order valence-corrected chi connectivity index (χ0v) is 13.6. The fourth-order valence-electron chi connectivity index (χ4n) is 1.40. The molecule has 0 N–H and O–H groups in total. The maximum absolute atomic E-state index is 4.65. The van der Waals surface area contributed by atoms with Gasteiger partial charge in [0.2, 0.25) is 0 Å². The quantitative estimate of drug-likeness (QED) is 0.732. The van der Waals surface area contributed by atoms with Crippen LogP contribution in [0.25, 0.3) is 10.7 Å². The molecule has 1 atom stereocenters. The number of thiazole rings is 1. The first-order valence-corrected chi connectivity index (χ1v) is 7.85. The first-order valence-electron chi connectivity index (χ1n) is 5.38. The highest BCUT2D eigenvalue weighted by Crippen LogP contribution is 2.32. The Balaban J connectivity index is 2.37. The van der Waals surface area contributed by atoms with Gasteiger partial charge < -0.3 is 0 Å². The van der Waals surface area contributed by atoms with Crippen molar-refractivity contribution in [2.45, 2.75) is 26.2 Å². The molecule has 2 heterocycles. The molecule has 0 spiro atoms. The van der Waals surface area contributed by atoms with Gasteiger partial charge in [-0.1, -0.05) is 13.8 Å². The number of hydrogen-bond acceptors (Lipinski definition) is 3. The zero-order valence-electron chi connectivity index (χ0n) is 9.58. The minimum absolute atomic E-state index is 0.509. The van der Waals surface area contributed by atoms with Crippen molar-refractivity contribution in [2.24, 2.45) is 0 Å². The van der Waals surface area contributed by atoms with Gasteiger partial charge in [0.1, 0.15) is 10.7 Å². The molecule has 17 heavy (non-hydrogen) atoms. The number of aromatic nitrogens is 2. The van der Waals surface area contributed by atoms with Gasteiger partial charge in [-0.3, -0.25) is 4.98 Å². The van der Waals surface area contributed by atoms with Crippen molar-refractivity contribution in [1.29, 1.82) is 0 Å². The maximum Gasteiger partial charge on any atom is 0.143 e. The SMILES string of the molecule is CCC(C)c1csc(-c2ncc(Br)cc2Br)n1. The normalized spacial score (nSPS) is 12.7. The molecule has 2 nitrogen and oxygen atoms in total. The third kappa shape index (κ3) is 2.95. The van der Waals surface area contributed by atoms with Crippen molar-refractivity contribution in [3.63, 3.8) is 0 Å². The van der Waals surface area contributed by atoms with Crippen LogP contribution in [0.5, 0.6) is 0 Å². The molecule has 0 bridgehead atoms. The molecule has 2 aromatic rings. The molecule has 0 radical (unpaired) electrons. The standard InChI is InChI=1S/C12H12Br2N2S/c1-3-7(2)10-6-17-12(16-10)11-9(14)4-8(13)5-15-11/h4-7H,3H2,1-2H3. The van der Waals surface area contributed by atoms with Gasteiger partial charge in [-0.05, 0) is 50.3 Å². The second-order valence-electron chi connectivity index (χ2n) is 3.87. The van der Waals surface area contributed by atoms with Gasteiger partial charge in [0.15, 0.2) is 0 Å². The minimum atomic E-state index is 0.509. The summed E-state index contributed by atoms with van der Waals surface area (Å²) in [6.45, 7) is 4.38. The Kier molecular flexibility index (Phi) is 4.33. The van der Waals surface area contributed by atoms with E-state index in [4.69, 9.17) is 0 Å². The van der Waals surface area contributed by atoms with Crippen molar-refractivity contribution < 1.29 is 0 Å². The third-order valence-corrected chi connectivity index (χ3v) is 4.56. The van der Waals surface area contributed by atoms with Crippen LogP contribution in [0.2, 0.25) is 0 Å². The van der Waals surface area contributed by atoms with Crippen molar-refractivity contribution in [3.8, 4) is 10.7 Å². The number of nitrogens with zero attached hydrogens (tertiary/aromatic N) is 2. The van der Waals surface area contributed by atoms with Crippen LogP contribution in [-0.2, 0) is 0 Å². The summed E-state index contributed by atoms with van der Waals surface area (Å²) in [6, 6.07) is 1.99. The Bertz CT molecular complexity index is 525. The highest BCUT2D eigenvalue weighted by Gasteiger charge is 2.12. The summed E-state index contributed by atoms with van der Waals surface area (Å²) >= 11 is 8.57. The Morgan fingerprint density at radius 2 is 2.18 bits per heavy atom. The summed E-state index contributed by atoms with van der Waals surface area (Å²) in [5.41, 5.74) is 2.07. The lowest BCUT2D eigenvalue weighted by molar-refractivity contribution is 0.714. The molecule has 0 aliphatic carbocycles. The number of pyridine rings is 1. The van der Waals surface area contributed by atoms with E-state index in [0.29, 0.717) is 5.92 Å². The van der Waals surface area contributed by atoms with Gasteiger partial charge >= 0.3 is 0 Å². The average Bonchev–Trinajstić information content (AvgIpc) is 2.77. The predicted octanol–water partition coefficient (Wildman–Crippen LogP) is 5.24. The highest BCUT2D eigenvalue weighted by atomic mass is 79.9. The Hall–Kier alpha value is -0.260. The molecule has 0 fully saturated rings. The Labute approximate surface area is 122 Å². The molecule has 0 saturated carbocycles. The van der Waals surface area contributed by atoms with Gasteiger partial charge in [-0.2, -0.15) is 0 Å². The Morgan fingerprint density at radius 1 is 1.41 bits per heavy atom. The van der Waals surface area contributed by atoms with E-state index in [-0.39, 0.29) is 0 Å². The topological polar surface area (TPSA) is 25.8 Å². The molecule has 0 amide bonds. The second-order valence-corrected chi connectivity index (χ2v) is 6.50. The number of rotatable bonds is 3. The third-order valence-electron chi connectivity index (χ3n) is 2.65. The molecule has 0 aliphatic rings. The molecule has 1 unspecified atom stereocenters. The molecule has 2 rings (SSSR count). The predicted molar refractivity (Wildman–Crippen MR) is 79.5 cm³/mol. The highest BCUT2D eigenvalue weighted by molar-refractivity contribution is 9.11. The van der Waals surface area contributed by atoms with Crippen LogP contribution in [0.1, 0.15) is 31.9 Å². The molecule has 5 heteroatoms. The summed E-state index contributed by atoms with van der Waals surface area (Å²) in [7, 11) is 0. The summed E-state index contributed by atoms with van der Waals surface area (Å²) in [6.07, 6.45) is 2.91. The molecule has 0 aliphatic heterocycles. The smallest absolute Gasteiger partial charge is 0.143 e. The van der Waals surface area contributed by atoms with Crippen molar-refractivity contribution in [2.75, 3.05) is 0 Å². The fraction of sp³-hybridized carbons (Fsp3) is 0.333. The van der Waals surface area contributed by atoms with Gasteiger partial charge in [0.25, 0.3) is 0 Å². The monoisotopic (exact) mass is 374 g/mol. The van der Waals surface area contributed by atoms with Gasteiger partial charge in [-0.25, -0.2) is 4.98 Å².